The van der Waals surface area contributed by atoms with Gasteiger partial charge in [-0.3, -0.25) is 9.89 Å². The number of aromatic nitrogens is 4. The van der Waals surface area contributed by atoms with Gasteiger partial charge in [0.25, 0.3) is 0 Å². The van der Waals surface area contributed by atoms with Crippen LogP contribution >= 0.6 is 0 Å². The van der Waals surface area contributed by atoms with Crippen LogP contribution in [-0.4, -0.2) is 39.2 Å². The lowest BCUT2D eigenvalue weighted by Gasteiger charge is -2.22. The smallest absolute Gasteiger partial charge is 0.220 e. The minimum absolute atomic E-state index is 0.204. The number of carbonyl (C=O) groups is 1. The maximum Gasteiger partial charge on any atom is 0.220 e. The number of fused-ring (bicyclic) bond motifs is 2. The van der Waals surface area contributed by atoms with Crippen molar-refractivity contribution in [3.05, 3.63) is 72.4 Å². The van der Waals surface area contributed by atoms with Gasteiger partial charge < -0.3 is 15.8 Å². The first-order valence-electron chi connectivity index (χ1n) is 15.7. The number of hydrogen-bond donors (Lipinski definition) is 3. The van der Waals surface area contributed by atoms with Gasteiger partial charge in [0, 0.05) is 46.8 Å². The summed E-state index contributed by atoms with van der Waals surface area (Å²) in [5.41, 5.74) is 12.5. The lowest BCUT2D eigenvalue weighted by atomic mass is 9.95. The number of allylic oxidation sites excluding steroid dienone is 1. The third kappa shape index (κ3) is 6.59. The topological polar surface area (TPSA) is 119 Å². The Kier molecular flexibility index (Phi) is 9.15. The molecule has 8 heteroatoms. The fourth-order valence-corrected chi connectivity index (χ4v) is 6.15. The van der Waals surface area contributed by atoms with E-state index in [1.54, 1.807) is 13.3 Å². The molecule has 0 radical (unpaired) electrons. The van der Waals surface area contributed by atoms with Crippen LogP contribution in [0.25, 0.3) is 50.4 Å². The van der Waals surface area contributed by atoms with Gasteiger partial charge in [-0.1, -0.05) is 74.2 Å². The molecule has 3 heterocycles. The lowest BCUT2D eigenvalue weighted by molar-refractivity contribution is -0.122. The molecule has 3 aromatic heterocycles. The molecule has 4 N–H and O–H groups in total. The quantitative estimate of drug-likeness (QED) is 0.135. The average Bonchev–Trinajstić information content (AvgIpc) is 3.52. The SMILES string of the molecule is COc1cc(-c2ccccc2)nc2cc(-c3n[nH]c4c(/C=C/CCCCCC(=O)NC5CCCCC5)cnc(N)c34)ccc12. The number of H-pyrrole nitrogens is 1. The molecule has 2 aromatic carbocycles. The summed E-state index contributed by atoms with van der Waals surface area (Å²) in [7, 11) is 1.68. The zero-order valence-corrected chi connectivity index (χ0v) is 25.3. The molecule has 1 saturated carbocycles. The molecule has 1 aliphatic rings. The third-order valence-electron chi connectivity index (χ3n) is 8.53. The first kappa shape index (κ1) is 29.4. The van der Waals surface area contributed by atoms with Crippen LogP contribution in [-0.2, 0) is 4.79 Å². The Labute approximate surface area is 258 Å². The first-order valence-corrected chi connectivity index (χ1v) is 15.7. The van der Waals surface area contributed by atoms with Crippen LogP contribution in [0.15, 0.2) is 66.9 Å². The van der Waals surface area contributed by atoms with Crippen LogP contribution in [0.2, 0.25) is 0 Å². The van der Waals surface area contributed by atoms with Gasteiger partial charge in [0.15, 0.2) is 0 Å². The molecule has 44 heavy (non-hydrogen) atoms. The highest BCUT2D eigenvalue weighted by Crippen LogP contribution is 2.36. The minimum Gasteiger partial charge on any atom is -0.496 e. The summed E-state index contributed by atoms with van der Waals surface area (Å²) in [6.07, 6.45) is 16.6. The van der Waals surface area contributed by atoms with Crippen molar-refractivity contribution < 1.29 is 9.53 Å². The van der Waals surface area contributed by atoms with Crippen LogP contribution < -0.4 is 15.8 Å². The van der Waals surface area contributed by atoms with Crippen molar-refractivity contribution in [2.75, 3.05) is 12.8 Å². The fourth-order valence-electron chi connectivity index (χ4n) is 6.15. The molecule has 0 spiro atoms. The molecule has 0 saturated heterocycles. The molecule has 1 amide bonds. The van der Waals surface area contributed by atoms with Crippen LogP contribution in [0.1, 0.15) is 69.8 Å². The van der Waals surface area contributed by atoms with Gasteiger partial charge in [-0.15, -0.1) is 0 Å². The molecule has 0 unspecified atom stereocenters. The van der Waals surface area contributed by atoms with Gasteiger partial charge in [-0.25, -0.2) is 9.97 Å². The number of anilines is 1. The summed E-state index contributed by atoms with van der Waals surface area (Å²) in [5, 5.41) is 12.8. The number of carbonyl (C=O) groups excluding carboxylic acids is 1. The predicted octanol–water partition coefficient (Wildman–Crippen LogP) is 7.84. The largest absolute Gasteiger partial charge is 0.496 e. The second kappa shape index (κ2) is 13.7. The summed E-state index contributed by atoms with van der Waals surface area (Å²) in [4.78, 5) is 21.7. The van der Waals surface area contributed by atoms with Gasteiger partial charge in [-0.05, 0) is 44.2 Å². The molecule has 5 aromatic rings. The number of hydrogen-bond acceptors (Lipinski definition) is 6. The maximum absolute atomic E-state index is 12.2. The second-order valence-electron chi connectivity index (χ2n) is 11.6. The number of rotatable bonds is 11. The minimum atomic E-state index is 0.204. The predicted molar refractivity (Wildman–Crippen MR) is 178 cm³/mol. The summed E-state index contributed by atoms with van der Waals surface area (Å²) in [6, 6.07) is 18.5. The summed E-state index contributed by atoms with van der Waals surface area (Å²) < 4.78 is 5.71. The molecule has 0 aliphatic heterocycles. The number of pyridine rings is 2. The molecule has 0 atom stereocenters. The van der Waals surface area contributed by atoms with Crippen molar-refractivity contribution in [1.29, 1.82) is 0 Å². The average molecular weight is 589 g/mol. The second-order valence-corrected chi connectivity index (χ2v) is 11.6. The van der Waals surface area contributed by atoms with E-state index in [0.29, 0.717) is 18.3 Å². The molecule has 0 bridgehead atoms. The Morgan fingerprint density at radius 1 is 1.05 bits per heavy atom. The molecule has 226 valence electrons. The molecule has 8 nitrogen and oxygen atoms in total. The Hall–Kier alpha value is -4.72. The zero-order valence-electron chi connectivity index (χ0n) is 25.3. The highest BCUT2D eigenvalue weighted by atomic mass is 16.5. The zero-order chi connectivity index (χ0) is 30.3. The summed E-state index contributed by atoms with van der Waals surface area (Å²) >= 11 is 0. The van der Waals surface area contributed by atoms with Gasteiger partial charge in [0.2, 0.25) is 5.91 Å². The van der Waals surface area contributed by atoms with Gasteiger partial charge in [-0.2, -0.15) is 5.10 Å². The van der Waals surface area contributed by atoms with Crippen molar-refractivity contribution >= 4 is 39.6 Å². The first-order chi connectivity index (χ1) is 21.6. The van der Waals surface area contributed by atoms with Crippen LogP contribution in [0.4, 0.5) is 5.82 Å². The molecule has 6 rings (SSSR count). The van der Waals surface area contributed by atoms with E-state index < -0.39 is 0 Å². The van der Waals surface area contributed by atoms with Gasteiger partial charge in [0.1, 0.15) is 17.3 Å². The highest BCUT2D eigenvalue weighted by molar-refractivity contribution is 6.04. The Morgan fingerprint density at radius 3 is 2.70 bits per heavy atom. The molecule has 1 aliphatic carbocycles. The van der Waals surface area contributed by atoms with Crippen molar-refractivity contribution in [3.63, 3.8) is 0 Å². The number of benzene rings is 2. The van der Waals surface area contributed by atoms with E-state index in [9.17, 15) is 4.79 Å². The Morgan fingerprint density at radius 2 is 1.89 bits per heavy atom. The van der Waals surface area contributed by atoms with Crippen molar-refractivity contribution in [2.24, 2.45) is 0 Å². The number of nitrogens with zero attached hydrogens (tertiary/aromatic N) is 3. The maximum atomic E-state index is 12.2. The normalized spacial score (nSPS) is 14.0. The highest BCUT2D eigenvalue weighted by Gasteiger charge is 2.17. The van der Waals surface area contributed by atoms with E-state index in [1.807, 2.05) is 54.6 Å². The van der Waals surface area contributed by atoms with E-state index in [4.69, 9.17) is 15.5 Å². The van der Waals surface area contributed by atoms with E-state index in [1.165, 1.54) is 19.3 Å². The third-order valence-corrected chi connectivity index (χ3v) is 8.53. The number of unbranched alkanes of at least 4 members (excludes halogenated alkanes) is 3. The Bertz CT molecular complexity index is 1770. The lowest BCUT2D eigenvalue weighted by Crippen LogP contribution is -2.35. The number of amides is 1. The van der Waals surface area contributed by atoms with Crippen molar-refractivity contribution in [1.82, 2.24) is 25.5 Å². The molecule has 1 fully saturated rings. The Balaban J connectivity index is 1.14. The van der Waals surface area contributed by atoms with Crippen LogP contribution in [0, 0.1) is 0 Å². The number of nitrogens with one attached hydrogen (secondary N) is 2. The van der Waals surface area contributed by atoms with Crippen molar-refractivity contribution in [3.8, 4) is 28.3 Å². The van der Waals surface area contributed by atoms with Gasteiger partial charge >= 0.3 is 0 Å². The van der Waals surface area contributed by atoms with Gasteiger partial charge in [0.05, 0.1) is 29.2 Å². The van der Waals surface area contributed by atoms with E-state index in [2.05, 4.69) is 32.7 Å². The van der Waals surface area contributed by atoms with E-state index in [-0.39, 0.29) is 5.91 Å². The number of aromatic amines is 1. The van der Waals surface area contributed by atoms with E-state index in [0.717, 1.165) is 94.2 Å². The fraction of sp³-hybridized carbons (Fsp3) is 0.333. The summed E-state index contributed by atoms with van der Waals surface area (Å²) in [5.74, 6) is 1.40. The van der Waals surface area contributed by atoms with Crippen LogP contribution in [0.3, 0.4) is 0 Å². The van der Waals surface area contributed by atoms with Crippen LogP contribution in [0.5, 0.6) is 5.75 Å². The molecular weight excluding hydrogens is 548 g/mol. The van der Waals surface area contributed by atoms with E-state index >= 15 is 0 Å². The number of ether oxygens (including phenoxy) is 1. The number of methoxy groups -OCH3 is 1. The number of nitrogens with two attached hydrogens (primary N) is 1. The standard InChI is InChI=1S/C36H40N6O2/c1-44-31-22-29(24-13-8-5-9-14-24)40-30-21-25(19-20-28(30)31)34-33-35(42-41-34)26(23-38-36(33)37)15-7-3-2-4-12-18-32(43)39-27-16-10-6-11-17-27/h5,7-9,13-15,19-23,27H,2-4,6,10-12,16-18H2,1H3,(H2,37,38)(H,39,43)(H,41,42)/b15-7+. The molecular formula is C36H40N6O2. The number of nitrogen functional groups attached to an aromatic ring is 1. The summed E-state index contributed by atoms with van der Waals surface area (Å²) in [6.45, 7) is 0. The monoisotopic (exact) mass is 588 g/mol. The van der Waals surface area contributed by atoms with Crippen molar-refractivity contribution in [2.45, 2.75) is 70.3 Å².